The van der Waals surface area contributed by atoms with Crippen molar-refractivity contribution in [3.8, 4) is 0 Å². The zero-order valence-corrected chi connectivity index (χ0v) is 10.1. The van der Waals surface area contributed by atoms with Gasteiger partial charge in [0.05, 0.1) is 11.7 Å². The SMILES string of the molecule is CCC(O)C(CC)CC(O)(CC)CC. The summed E-state index contributed by atoms with van der Waals surface area (Å²) in [5.41, 5.74) is -0.573. The van der Waals surface area contributed by atoms with E-state index < -0.39 is 5.60 Å². The van der Waals surface area contributed by atoms with Crippen LogP contribution in [0.15, 0.2) is 0 Å². The van der Waals surface area contributed by atoms with Crippen LogP contribution in [0.5, 0.6) is 0 Å². The highest BCUT2D eigenvalue weighted by atomic mass is 16.3. The third-order valence-electron chi connectivity index (χ3n) is 3.45. The summed E-state index contributed by atoms with van der Waals surface area (Å²) in [4.78, 5) is 0. The van der Waals surface area contributed by atoms with Gasteiger partial charge in [0.2, 0.25) is 0 Å². The average molecular weight is 202 g/mol. The molecule has 2 nitrogen and oxygen atoms in total. The maximum Gasteiger partial charge on any atom is 0.0646 e. The third-order valence-corrected chi connectivity index (χ3v) is 3.45. The molecular weight excluding hydrogens is 176 g/mol. The Bertz CT molecular complexity index is 141. The Balaban J connectivity index is 4.28. The Morgan fingerprint density at radius 1 is 1.00 bits per heavy atom. The van der Waals surface area contributed by atoms with Crippen LogP contribution in [0.25, 0.3) is 0 Å². The lowest BCUT2D eigenvalue weighted by atomic mass is 9.82. The number of hydrogen-bond donors (Lipinski definition) is 2. The van der Waals surface area contributed by atoms with E-state index in [9.17, 15) is 10.2 Å². The van der Waals surface area contributed by atoms with Crippen LogP contribution in [-0.2, 0) is 0 Å². The highest BCUT2D eigenvalue weighted by Crippen LogP contribution is 2.28. The van der Waals surface area contributed by atoms with Gasteiger partial charge in [-0.05, 0) is 31.6 Å². The van der Waals surface area contributed by atoms with Crippen LogP contribution in [0.3, 0.4) is 0 Å². The summed E-state index contributed by atoms with van der Waals surface area (Å²) >= 11 is 0. The maximum absolute atomic E-state index is 10.2. The standard InChI is InChI=1S/C12H26O2/c1-5-10(11(13)6-2)9-12(14,7-3)8-4/h10-11,13-14H,5-9H2,1-4H3. The van der Waals surface area contributed by atoms with Crippen molar-refractivity contribution in [3.63, 3.8) is 0 Å². The molecule has 2 heteroatoms. The first kappa shape index (κ1) is 13.9. The van der Waals surface area contributed by atoms with Crippen LogP contribution in [0.1, 0.15) is 59.8 Å². The summed E-state index contributed by atoms with van der Waals surface area (Å²) in [5, 5.41) is 19.9. The minimum atomic E-state index is -0.573. The Labute approximate surface area is 88.3 Å². The van der Waals surface area contributed by atoms with E-state index in [2.05, 4.69) is 6.92 Å². The molecule has 0 radical (unpaired) electrons. The summed E-state index contributed by atoms with van der Waals surface area (Å²) in [7, 11) is 0. The summed E-state index contributed by atoms with van der Waals surface area (Å²) in [6, 6.07) is 0. The zero-order chi connectivity index (χ0) is 11.2. The molecule has 0 saturated heterocycles. The summed E-state index contributed by atoms with van der Waals surface area (Å²) in [6.07, 6.45) is 3.74. The monoisotopic (exact) mass is 202 g/mol. The van der Waals surface area contributed by atoms with Crippen molar-refractivity contribution in [1.29, 1.82) is 0 Å². The van der Waals surface area contributed by atoms with E-state index in [1.54, 1.807) is 0 Å². The van der Waals surface area contributed by atoms with Crippen molar-refractivity contribution in [2.24, 2.45) is 5.92 Å². The van der Waals surface area contributed by atoms with Gasteiger partial charge >= 0.3 is 0 Å². The molecule has 0 spiro atoms. The van der Waals surface area contributed by atoms with Crippen LogP contribution >= 0.6 is 0 Å². The van der Waals surface area contributed by atoms with Crippen molar-refractivity contribution in [3.05, 3.63) is 0 Å². The molecule has 86 valence electrons. The fourth-order valence-corrected chi connectivity index (χ4v) is 1.91. The Kier molecular flexibility index (Phi) is 6.38. The number of aliphatic hydroxyl groups is 2. The van der Waals surface area contributed by atoms with Gasteiger partial charge in [-0.3, -0.25) is 0 Å². The molecule has 0 aliphatic heterocycles. The number of hydrogen-bond acceptors (Lipinski definition) is 2. The van der Waals surface area contributed by atoms with Gasteiger partial charge in [0.25, 0.3) is 0 Å². The van der Waals surface area contributed by atoms with Gasteiger partial charge in [-0.15, -0.1) is 0 Å². The van der Waals surface area contributed by atoms with Gasteiger partial charge in [0.1, 0.15) is 0 Å². The molecule has 0 aromatic carbocycles. The van der Waals surface area contributed by atoms with E-state index in [-0.39, 0.29) is 12.0 Å². The quantitative estimate of drug-likeness (QED) is 0.666. The smallest absolute Gasteiger partial charge is 0.0646 e. The molecule has 0 heterocycles. The first-order valence-electron chi connectivity index (χ1n) is 5.93. The molecule has 0 saturated carbocycles. The van der Waals surface area contributed by atoms with E-state index >= 15 is 0 Å². The first-order chi connectivity index (χ1) is 6.52. The molecular formula is C12H26O2. The molecule has 0 rings (SSSR count). The average Bonchev–Trinajstić information content (AvgIpc) is 2.24. The number of rotatable bonds is 7. The minimum Gasteiger partial charge on any atom is -0.393 e. The van der Waals surface area contributed by atoms with E-state index in [1.165, 1.54) is 0 Å². The van der Waals surface area contributed by atoms with Crippen molar-refractivity contribution in [2.75, 3.05) is 0 Å². The van der Waals surface area contributed by atoms with Gasteiger partial charge < -0.3 is 10.2 Å². The molecule has 0 aromatic rings. The summed E-state index contributed by atoms with van der Waals surface area (Å²) in [5.74, 6) is 0.241. The van der Waals surface area contributed by atoms with Gasteiger partial charge in [0.15, 0.2) is 0 Å². The fourth-order valence-electron chi connectivity index (χ4n) is 1.91. The van der Waals surface area contributed by atoms with Crippen LogP contribution in [0.4, 0.5) is 0 Å². The fraction of sp³-hybridized carbons (Fsp3) is 1.00. The van der Waals surface area contributed by atoms with Gasteiger partial charge in [-0.25, -0.2) is 0 Å². The molecule has 0 aliphatic rings. The maximum atomic E-state index is 10.2. The predicted molar refractivity (Wildman–Crippen MR) is 60.2 cm³/mol. The molecule has 0 fully saturated rings. The summed E-state index contributed by atoms with van der Waals surface area (Å²) < 4.78 is 0. The van der Waals surface area contributed by atoms with E-state index in [1.807, 2.05) is 20.8 Å². The molecule has 0 amide bonds. The van der Waals surface area contributed by atoms with Crippen molar-refractivity contribution in [1.82, 2.24) is 0 Å². The minimum absolute atomic E-state index is 0.241. The number of aliphatic hydroxyl groups excluding tert-OH is 1. The first-order valence-corrected chi connectivity index (χ1v) is 5.93. The van der Waals surface area contributed by atoms with Crippen molar-refractivity contribution < 1.29 is 10.2 Å². The van der Waals surface area contributed by atoms with Crippen LogP contribution in [0, 0.1) is 5.92 Å². The van der Waals surface area contributed by atoms with E-state index in [0.29, 0.717) is 0 Å². The van der Waals surface area contributed by atoms with Gasteiger partial charge in [-0.1, -0.05) is 34.1 Å². The van der Waals surface area contributed by atoms with E-state index in [0.717, 1.165) is 32.1 Å². The van der Waals surface area contributed by atoms with Crippen LogP contribution < -0.4 is 0 Å². The van der Waals surface area contributed by atoms with E-state index in [4.69, 9.17) is 0 Å². The second-order valence-corrected chi connectivity index (χ2v) is 4.28. The second kappa shape index (κ2) is 6.41. The molecule has 0 aromatic heterocycles. The second-order valence-electron chi connectivity index (χ2n) is 4.28. The van der Waals surface area contributed by atoms with Crippen molar-refractivity contribution >= 4 is 0 Å². The lowest BCUT2D eigenvalue weighted by molar-refractivity contribution is -0.0199. The van der Waals surface area contributed by atoms with Crippen LogP contribution in [0.2, 0.25) is 0 Å². The molecule has 14 heavy (non-hydrogen) atoms. The highest BCUT2D eigenvalue weighted by Gasteiger charge is 2.28. The van der Waals surface area contributed by atoms with Crippen molar-refractivity contribution in [2.45, 2.75) is 71.5 Å². The van der Waals surface area contributed by atoms with Crippen LogP contribution in [-0.4, -0.2) is 21.9 Å². The normalized spacial score (nSPS) is 16.7. The Morgan fingerprint density at radius 3 is 1.79 bits per heavy atom. The Hall–Kier alpha value is -0.0800. The largest absolute Gasteiger partial charge is 0.393 e. The molecule has 0 aliphatic carbocycles. The molecule has 2 N–H and O–H groups in total. The zero-order valence-electron chi connectivity index (χ0n) is 10.1. The molecule has 2 unspecified atom stereocenters. The van der Waals surface area contributed by atoms with Gasteiger partial charge in [-0.2, -0.15) is 0 Å². The predicted octanol–water partition coefficient (Wildman–Crippen LogP) is 2.72. The third kappa shape index (κ3) is 3.97. The van der Waals surface area contributed by atoms with Gasteiger partial charge in [0, 0.05) is 0 Å². The topological polar surface area (TPSA) is 40.5 Å². The summed E-state index contributed by atoms with van der Waals surface area (Å²) in [6.45, 7) is 8.09. The molecule has 0 bridgehead atoms. The Morgan fingerprint density at radius 2 is 1.50 bits per heavy atom. The lowest BCUT2D eigenvalue weighted by Gasteiger charge is -2.31. The highest BCUT2D eigenvalue weighted by molar-refractivity contribution is 4.81. The molecule has 2 atom stereocenters. The lowest BCUT2D eigenvalue weighted by Crippen LogP contribution is -2.33.